The van der Waals surface area contributed by atoms with Crippen LogP contribution in [-0.2, 0) is 61.6 Å². The Morgan fingerprint density at radius 3 is 1.03 bits per heavy atom. The maximum Gasteiger partial charge on any atom is 0.524 e. The van der Waals surface area contributed by atoms with Crippen molar-refractivity contribution in [2.24, 2.45) is 0 Å². The Morgan fingerprint density at radius 2 is 0.622 bits per heavy atom. The van der Waals surface area contributed by atoms with Gasteiger partial charge in [0.2, 0.25) is 0 Å². The fourth-order valence-electron chi connectivity index (χ4n) is 15.6. The van der Waals surface area contributed by atoms with Crippen molar-refractivity contribution >= 4 is 103 Å². The third-order valence-electron chi connectivity index (χ3n) is 21.9. The topological polar surface area (TPSA) is 408 Å². The number of phosphoric ester groups is 4. The van der Waals surface area contributed by atoms with E-state index in [0.29, 0.717) is 11.3 Å². The average molecular weight is 1840 g/mol. The molecule has 127 heavy (non-hydrogen) atoms. The third kappa shape index (κ3) is 35.4. The molecule has 700 valence electrons. The molecule has 6 aromatic carbocycles. The first kappa shape index (κ1) is 106. The van der Waals surface area contributed by atoms with Crippen LogP contribution in [0.15, 0.2) is 146 Å². The Labute approximate surface area is 748 Å². The fraction of sp³-hybridized carbons (Fsp3) is 0.473. The van der Waals surface area contributed by atoms with Gasteiger partial charge in [-0.25, -0.2) is 18.3 Å². The number of carbonyl (C=O) groups is 1. The summed E-state index contributed by atoms with van der Waals surface area (Å²) in [5, 5.41) is 6.22. The van der Waals surface area contributed by atoms with Crippen LogP contribution in [0.25, 0.3) is 65.4 Å². The van der Waals surface area contributed by atoms with Crippen LogP contribution in [0.3, 0.4) is 0 Å². The van der Waals surface area contributed by atoms with Crippen molar-refractivity contribution in [3.63, 3.8) is 0 Å². The zero-order chi connectivity index (χ0) is 92.9. The Morgan fingerprint density at radius 1 is 0.307 bits per heavy atom. The van der Waals surface area contributed by atoms with Crippen LogP contribution in [-0.4, -0.2) is 222 Å². The molecule has 0 aliphatic rings. The summed E-state index contributed by atoms with van der Waals surface area (Å²) < 4.78 is 68.1. The van der Waals surface area contributed by atoms with Crippen molar-refractivity contribution in [3.05, 3.63) is 185 Å². The van der Waals surface area contributed by atoms with Crippen LogP contribution < -0.4 is 22.8 Å². The Kier molecular flexibility index (Phi) is 44.1. The van der Waals surface area contributed by atoms with Gasteiger partial charge in [0.1, 0.15) is 17.2 Å². The van der Waals surface area contributed by atoms with E-state index in [1.165, 1.54) is 59.5 Å². The summed E-state index contributed by atoms with van der Waals surface area (Å²) in [6.07, 6.45) is 24.4. The Bertz CT molecular complexity index is 5470. The predicted molar refractivity (Wildman–Crippen MR) is 513 cm³/mol. The van der Waals surface area contributed by atoms with E-state index in [4.69, 9.17) is 52.9 Å². The molecule has 0 aliphatic carbocycles. The van der Waals surface area contributed by atoms with Crippen LogP contribution in [0.4, 0.5) is 0 Å². The van der Waals surface area contributed by atoms with Crippen molar-refractivity contribution < 1.29 is 85.0 Å². The smallest absolute Gasteiger partial charge is 0.424 e. The van der Waals surface area contributed by atoms with Crippen LogP contribution >= 0.6 is 31.3 Å². The van der Waals surface area contributed by atoms with Gasteiger partial charge in [0.25, 0.3) is 0 Å². The maximum atomic E-state index is 11.1. The number of nitrogens with one attached hydrogen (secondary N) is 6. The number of H-pyrrole nitrogens is 6. The SMILES string of the molecule is CCCN(CC)CCc1c[nH]c2c(OC(C)=O)cccc12.CCCN(CC)CCc1c[nH]c2c(OP(=O)(O)O)cccc12.CCCN(CC)CCc1c[nH]c2cc(C)ccc12.CCCN(CC)CCc1c[nH]c2cc(OP(=O)(O)O)ccc12.CCCN(CC)CCc1c[nH]c2ccc(OP(=O)(O)O)cc12.CCCN(CC)CCc1c[nH]c2cccc(OP(=O)(O)O)c12. The van der Waals surface area contributed by atoms with Gasteiger partial charge in [-0.15, -0.1) is 0 Å². The average Bonchev–Trinajstić information content (AvgIpc) is 1.68. The Hall–Kier alpha value is -8.41. The summed E-state index contributed by atoms with van der Waals surface area (Å²) in [6, 6.07) is 32.9. The standard InChI is InChI=1S/C17H24N2O2.C16H24N2.4C15H23N2O4P/c1-4-10-19(5-2)11-9-14-12-18-17-15(14)7-6-8-16(17)21-13(3)20;1-4-9-18(5-2)10-8-14-12-17-16-11-13(3)6-7-15(14)16;1-3-8-17(4-2)9-7-12-11-16-15-6-5-13(10-14(12)15)21-22(18,19)20;1-3-8-17(4-2)9-7-12-11-16-15-10-13(5-6-14(12)15)21-22(18,19)20;1-3-9-17(4-2)10-8-12-11-16-13-6-5-7-14(15(12)13)21-22(18,19)20;1-3-9-17(4-2)10-8-12-11-16-15-13(12)6-5-7-14(15)21-22(18,19)20/h6-8,12,18H,4-5,9-11H2,1-3H3;6-7,11-12,17H,4-5,8-10H2,1-3H3;2*5-6,10-11,16H,3-4,7-9H2,1-2H3,(H2,18,19,20);2*5-7,11,16H,3-4,8-10H2,1-2H3,(H2,18,19,20). The summed E-state index contributed by atoms with van der Waals surface area (Å²) in [6.45, 7) is 48.7. The number of fused-ring (bicyclic) bond motifs is 6. The van der Waals surface area contributed by atoms with Gasteiger partial charge in [-0.05, 0) is 262 Å². The van der Waals surface area contributed by atoms with Crippen LogP contribution in [0.2, 0.25) is 0 Å². The summed E-state index contributed by atoms with van der Waals surface area (Å²) >= 11 is 0. The van der Waals surface area contributed by atoms with Gasteiger partial charge >= 0.3 is 37.3 Å². The number of ether oxygens (including phenoxy) is 1. The van der Waals surface area contributed by atoms with E-state index in [0.717, 1.165) is 241 Å². The molecule has 0 spiro atoms. The van der Waals surface area contributed by atoms with Crippen molar-refractivity contribution in [3.8, 4) is 28.7 Å². The van der Waals surface area contributed by atoms with E-state index >= 15 is 0 Å². The second-order valence-corrected chi connectivity index (χ2v) is 36.1. The summed E-state index contributed by atoms with van der Waals surface area (Å²) in [5.41, 5.74) is 13.9. The molecule has 6 aromatic heterocycles. The maximum absolute atomic E-state index is 11.1. The fourth-order valence-corrected chi connectivity index (χ4v) is 17.2. The van der Waals surface area contributed by atoms with Crippen molar-refractivity contribution in [1.82, 2.24) is 59.3 Å². The normalized spacial score (nSPS) is 12.0. The molecule has 0 amide bonds. The minimum Gasteiger partial charge on any atom is -0.424 e. The van der Waals surface area contributed by atoms with Crippen molar-refractivity contribution in [1.29, 1.82) is 0 Å². The summed E-state index contributed by atoms with van der Waals surface area (Å²) in [7, 11) is -18.2. The molecule has 12 rings (SSSR count). The highest BCUT2D eigenvalue weighted by molar-refractivity contribution is 7.47. The number of esters is 1. The predicted octanol–water partition coefficient (Wildman–Crippen LogP) is 18.8. The number of aromatic nitrogens is 6. The monoisotopic (exact) mass is 1840 g/mol. The lowest BCUT2D eigenvalue weighted by Gasteiger charge is -2.19. The van der Waals surface area contributed by atoms with E-state index in [1.807, 2.05) is 61.3 Å². The second kappa shape index (κ2) is 53.0. The molecular weight excluding hydrogens is 1700 g/mol. The Balaban J connectivity index is 0.000000209. The van der Waals surface area contributed by atoms with E-state index in [9.17, 15) is 23.1 Å². The van der Waals surface area contributed by atoms with Crippen molar-refractivity contribution in [2.75, 3.05) is 118 Å². The number of phosphoric acid groups is 4. The highest BCUT2D eigenvalue weighted by Crippen LogP contribution is 2.44. The highest BCUT2D eigenvalue weighted by Gasteiger charge is 2.24. The summed E-state index contributed by atoms with van der Waals surface area (Å²) in [5.74, 6) is 1.06. The molecule has 6 heterocycles. The zero-order valence-electron chi connectivity index (χ0n) is 76.7. The van der Waals surface area contributed by atoms with Crippen LogP contribution in [0.5, 0.6) is 28.7 Å². The number of likely N-dealkylation sites (N-methyl/N-ethyl adjacent to an activating group) is 6. The number of rotatable bonds is 45. The molecule has 0 unspecified atom stereocenters. The van der Waals surface area contributed by atoms with Crippen LogP contribution in [0.1, 0.15) is 167 Å². The van der Waals surface area contributed by atoms with Gasteiger partial charge in [-0.1, -0.05) is 126 Å². The molecule has 14 N–H and O–H groups in total. The van der Waals surface area contributed by atoms with Gasteiger partial charge in [0, 0.05) is 144 Å². The quantitative estimate of drug-likeness (QED) is 0.00957. The lowest BCUT2D eigenvalue weighted by atomic mass is 10.1. The van der Waals surface area contributed by atoms with Crippen LogP contribution in [0, 0.1) is 6.92 Å². The first-order valence-electron chi connectivity index (χ1n) is 44.7. The van der Waals surface area contributed by atoms with E-state index < -0.39 is 31.3 Å². The van der Waals surface area contributed by atoms with Gasteiger partial charge in [-0.3, -0.25) is 43.9 Å². The van der Waals surface area contributed by atoms with Gasteiger partial charge < -0.3 is 82.1 Å². The number of aryl methyl sites for hydroxylation is 1. The number of hydrogen-bond acceptors (Lipinski definition) is 16. The summed E-state index contributed by atoms with van der Waals surface area (Å²) in [4.78, 5) is 116. The van der Waals surface area contributed by atoms with Gasteiger partial charge in [0.05, 0.1) is 11.0 Å². The number of benzene rings is 6. The zero-order valence-corrected chi connectivity index (χ0v) is 80.3. The molecule has 34 heteroatoms. The molecule has 0 radical (unpaired) electrons. The molecule has 0 aliphatic heterocycles. The second-order valence-electron chi connectivity index (χ2n) is 31.4. The highest BCUT2D eigenvalue weighted by atomic mass is 31.2. The number of nitrogens with zero attached hydrogens (tertiary/aromatic N) is 6. The largest absolute Gasteiger partial charge is 0.524 e. The molecule has 0 bridgehead atoms. The third-order valence-corrected chi connectivity index (χ3v) is 23.7. The minimum atomic E-state index is -4.57. The minimum absolute atomic E-state index is 0.162. The number of carbonyl (C=O) groups excluding carboxylic acids is 1. The van der Waals surface area contributed by atoms with Gasteiger partial charge in [-0.2, -0.15) is 0 Å². The lowest BCUT2D eigenvalue weighted by molar-refractivity contribution is -0.131. The molecule has 0 saturated carbocycles. The number of hydrogen-bond donors (Lipinski definition) is 14. The first-order valence-corrected chi connectivity index (χ1v) is 50.8. The first-order chi connectivity index (χ1) is 60.6. The van der Waals surface area contributed by atoms with Crippen molar-refractivity contribution in [2.45, 2.75) is 174 Å². The molecule has 12 aromatic rings. The molecule has 30 nitrogen and oxygen atoms in total. The number of para-hydroxylation sites is 2. The molecule has 0 saturated heterocycles. The van der Waals surface area contributed by atoms with E-state index in [-0.39, 0.29) is 29.0 Å². The van der Waals surface area contributed by atoms with E-state index in [1.54, 1.807) is 54.6 Å². The molecular formula is C93H140N12O18P4. The van der Waals surface area contributed by atoms with E-state index in [2.05, 4.69) is 189 Å². The number of aromatic amines is 6. The molecule has 0 fully saturated rings. The van der Waals surface area contributed by atoms with Gasteiger partial charge in [0.15, 0.2) is 11.5 Å². The molecule has 0 atom stereocenters. The lowest BCUT2D eigenvalue weighted by Crippen LogP contribution is -2.26.